The van der Waals surface area contributed by atoms with Gasteiger partial charge in [0.05, 0.1) is 9.86 Å². The zero-order valence-corrected chi connectivity index (χ0v) is 7.43. The number of nitrogens with zero attached hydrogens (tertiary/aromatic N) is 1. The number of hydrogen-bond acceptors (Lipinski definition) is 3. The Labute approximate surface area is 75.5 Å². The van der Waals surface area contributed by atoms with E-state index in [9.17, 15) is 4.39 Å². The van der Waals surface area contributed by atoms with Gasteiger partial charge in [0, 0.05) is 6.07 Å². The van der Waals surface area contributed by atoms with Crippen molar-refractivity contribution in [3.05, 3.63) is 22.4 Å². The largest absolute Gasteiger partial charge is 0.380 e. The lowest BCUT2D eigenvalue weighted by atomic mass is 10.2. The number of nitrogens with two attached hydrogens (primary N) is 1. The minimum atomic E-state index is -0.390. The molecule has 1 heterocycles. The molecule has 0 aliphatic carbocycles. The maximum Gasteiger partial charge on any atom is 0.174 e. The number of hydrogen-bond donors (Lipinski definition) is 1. The van der Waals surface area contributed by atoms with Gasteiger partial charge in [0.2, 0.25) is 0 Å². The van der Waals surface area contributed by atoms with E-state index in [0.717, 1.165) is 0 Å². The molecule has 0 unspecified atom stereocenters. The molecule has 0 aliphatic heterocycles. The van der Waals surface area contributed by atoms with Gasteiger partial charge in [-0.1, -0.05) is 5.16 Å². The van der Waals surface area contributed by atoms with Gasteiger partial charge in [-0.2, -0.15) is 0 Å². The lowest BCUT2D eigenvalue weighted by molar-refractivity contribution is 0.458. The van der Waals surface area contributed by atoms with E-state index in [1.165, 1.54) is 12.1 Å². The van der Waals surface area contributed by atoms with Crippen molar-refractivity contribution in [3.8, 4) is 0 Å². The van der Waals surface area contributed by atoms with Crippen molar-refractivity contribution >= 4 is 32.7 Å². The molecule has 1 aromatic heterocycles. The standard InChI is InChI=1S/C7H4BrFN2O/c8-4-1-3-6(2-5(4)9)12-11-7(3)10/h1-2H,(H2,10,11). The number of anilines is 1. The number of nitrogen functional groups attached to an aromatic ring is 1. The molecule has 0 amide bonds. The maximum atomic E-state index is 12.9. The topological polar surface area (TPSA) is 52.0 Å². The average molecular weight is 231 g/mol. The van der Waals surface area contributed by atoms with Crippen LogP contribution in [0.5, 0.6) is 0 Å². The summed E-state index contributed by atoms with van der Waals surface area (Å²) in [5.74, 6) is -0.121. The Bertz CT molecular complexity index is 440. The van der Waals surface area contributed by atoms with Crippen LogP contribution in [0.3, 0.4) is 0 Å². The highest BCUT2D eigenvalue weighted by Gasteiger charge is 2.08. The van der Waals surface area contributed by atoms with Crippen molar-refractivity contribution in [3.63, 3.8) is 0 Å². The third-order valence-electron chi connectivity index (χ3n) is 1.54. The van der Waals surface area contributed by atoms with Crippen LogP contribution in [-0.2, 0) is 0 Å². The summed E-state index contributed by atoms with van der Waals surface area (Å²) in [7, 11) is 0. The molecular weight excluding hydrogens is 227 g/mol. The van der Waals surface area contributed by atoms with E-state index < -0.39 is 5.82 Å². The van der Waals surface area contributed by atoms with Crippen molar-refractivity contribution in [2.24, 2.45) is 0 Å². The SMILES string of the molecule is Nc1noc2cc(F)c(Br)cc12. The van der Waals surface area contributed by atoms with E-state index in [1.807, 2.05) is 0 Å². The van der Waals surface area contributed by atoms with Gasteiger partial charge in [-0.3, -0.25) is 0 Å². The number of halogens is 2. The van der Waals surface area contributed by atoms with Gasteiger partial charge < -0.3 is 10.3 Å². The molecule has 0 saturated carbocycles. The fourth-order valence-electron chi connectivity index (χ4n) is 0.952. The average Bonchev–Trinajstić information content (AvgIpc) is 2.35. The number of aromatic nitrogens is 1. The summed E-state index contributed by atoms with van der Waals surface area (Å²) in [5.41, 5.74) is 5.80. The van der Waals surface area contributed by atoms with Gasteiger partial charge in [0.25, 0.3) is 0 Å². The summed E-state index contributed by atoms with van der Waals surface area (Å²) in [6.07, 6.45) is 0. The summed E-state index contributed by atoms with van der Waals surface area (Å²) in [5, 5.41) is 4.11. The second-order valence-corrected chi connectivity index (χ2v) is 3.18. The number of fused-ring (bicyclic) bond motifs is 1. The molecule has 0 radical (unpaired) electrons. The van der Waals surface area contributed by atoms with E-state index in [4.69, 9.17) is 10.3 Å². The van der Waals surface area contributed by atoms with Crippen LogP contribution in [0, 0.1) is 5.82 Å². The minimum absolute atomic E-state index is 0.269. The Morgan fingerprint density at radius 3 is 3.00 bits per heavy atom. The maximum absolute atomic E-state index is 12.9. The Hall–Kier alpha value is -1.10. The molecule has 0 saturated heterocycles. The van der Waals surface area contributed by atoms with Gasteiger partial charge in [-0.25, -0.2) is 4.39 Å². The molecule has 12 heavy (non-hydrogen) atoms. The first-order valence-corrected chi connectivity index (χ1v) is 3.97. The van der Waals surface area contributed by atoms with Crippen LogP contribution in [-0.4, -0.2) is 5.16 Å². The van der Waals surface area contributed by atoms with Gasteiger partial charge >= 0.3 is 0 Å². The van der Waals surface area contributed by atoms with Gasteiger partial charge in [0.1, 0.15) is 5.82 Å². The summed E-state index contributed by atoms with van der Waals surface area (Å²) >= 11 is 3.04. The van der Waals surface area contributed by atoms with Crippen LogP contribution in [0.1, 0.15) is 0 Å². The Kier molecular flexibility index (Phi) is 1.54. The van der Waals surface area contributed by atoms with E-state index in [1.54, 1.807) is 0 Å². The fourth-order valence-corrected chi connectivity index (χ4v) is 1.30. The zero-order chi connectivity index (χ0) is 8.72. The molecule has 0 aliphatic rings. The highest BCUT2D eigenvalue weighted by Crippen LogP contribution is 2.26. The molecule has 5 heteroatoms. The van der Waals surface area contributed by atoms with Crippen LogP contribution in [0.2, 0.25) is 0 Å². The second-order valence-electron chi connectivity index (χ2n) is 2.33. The van der Waals surface area contributed by atoms with E-state index in [0.29, 0.717) is 15.4 Å². The van der Waals surface area contributed by atoms with Gasteiger partial charge in [0.15, 0.2) is 11.4 Å². The number of rotatable bonds is 0. The van der Waals surface area contributed by atoms with Gasteiger partial charge in [-0.05, 0) is 22.0 Å². The van der Waals surface area contributed by atoms with E-state index >= 15 is 0 Å². The lowest BCUT2D eigenvalue weighted by Crippen LogP contribution is -1.84. The summed E-state index contributed by atoms with van der Waals surface area (Å²) in [4.78, 5) is 0. The highest BCUT2D eigenvalue weighted by molar-refractivity contribution is 9.10. The molecular formula is C7H4BrFN2O. The summed E-state index contributed by atoms with van der Waals surface area (Å²) < 4.78 is 18.0. The Balaban J connectivity index is 2.87. The van der Waals surface area contributed by atoms with Gasteiger partial charge in [-0.15, -0.1) is 0 Å². The normalized spacial score (nSPS) is 10.8. The van der Waals surface area contributed by atoms with Crippen molar-refractivity contribution < 1.29 is 8.91 Å². The molecule has 2 N–H and O–H groups in total. The van der Waals surface area contributed by atoms with Crippen molar-refractivity contribution in [2.45, 2.75) is 0 Å². The first-order valence-electron chi connectivity index (χ1n) is 3.18. The first kappa shape index (κ1) is 7.54. The molecule has 1 aromatic carbocycles. The summed E-state index contributed by atoms with van der Waals surface area (Å²) in [6.45, 7) is 0. The first-order chi connectivity index (χ1) is 5.68. The van der Waals surface area contributed by atoms with Crippen LogP contribution < -0.4 is 5.73 Å². The van der Waals surface area contributed by atoms with Crippen molar-refractivity contribution in [2.75, 3.05) is 5.73 Å². The zero-order valence-electron chi connectivity index (χ0n) is 5.84. The third kappa shape index (κ3) is 0.972. The molecule has 3 nitrogen and oxygen atoms in total. The Morgan fingerprint density at radius 2 is 2.25 bits per heavy atom. The van der Waals surface area contributed by atoms with E-state index in [2.05, 4.69) is 21.1 Å². The fraction of sp³-hybridized carbons (Fsp3) is 0. The molecule has 2 aromatic rings. The predicted octanol–water partition coefficient (Wildman–Crippen LogP) is 2.31. The lowest BCUT2D eigenvalue weighted by Gasteiger charge is -1.92. The molecule has 0 atom stereocenters. The molecule has 2 rings (SSSR count). The van der Waals surface area contributed by atoms with Crippen LogP contribution in [0.4, 0.5) is 10.2 Å². The predicted molar refractivity (Wildman–Crippen MR) is 46.1 cm³/mol. The van der Waals surface area contributed by atoms with Crippen LogP contribution >= 0.6 is 15.9 Å². The minimum Gasteiger partial charge on any atom is -0.380 e. The van der Waals surface area contributed by atoms with E-state index in [-0.39, 0.29) is 5.82 Å². The monoisotopic (exact) mass is 230 g/mol. The quantitative estimate of drug-likeness (QED) is 0.756. The molecule has 0 spiro atoms. The third-order valence-corrected chi connectivity index (χ3v) is 2.15. The summed E-state index contributed by atoms with van der Waals surface area (Å²) in [6, 6.07) is 2.78. The van der Waals surface area contributed by atoms with Crippen LogP contribution in [0.25, 0.3) is 11.0 Å². The molecule has 0 bridgehead atoms. The van der Waals surface area contributed by atoms with Crippen molar-refractivity contribution in [1.29, 1.82) is 0 Å². The molecule has 62 valence electrons. The Morgan fingerprint density at radius 1 is 1.50 bits per heavy atom. The number of benzene rings is 1. The highest BCUT2D eigenvalue weighted by atomic mass is 79.9. The van der Waals surface area contributed by atoms with Crippen LogP contribution in [0.15, 0.2) is 21.1 Å². The molecule has 0 fully saturated rings. The smallest absolute Gasteiger partial charge is 0.174 e. The second kappa shape index (κ2) is 2.45. The van der Waals surface area contributed by atoms with Crippen molar-refractivity contribution in [1.82, 2.24) is 5.16 Å².